The molecule has 0 fully saturated rings. The average molecular weight is 227 g/mol. The lowest BCUT2D eigenvalue weighted by Gasteiger charge is -2.23. The Labute approximate surface area is 94.7 Å². The second-order valence-corrected chi connectivity index (χ2v) is 3.37. The van der Waals surface area contributed by atoms with Crippen LogP contribution in [-0.2, 0) is 5.60 Å². The minimum Gasteiger partial charge on any atom is -0.467 e. The van der Waals surface area contributed by atoms with Gasteiger partial charge in [-0.3, -0.25) is 0 Å². The molecule has 1 aromatic rings. The number of aromatic nitrogens is 3. The van der Waals surface area contributed by atoms with Gasteiger partial charge in [0, 0.05) is 0 Å². The zero-order valence-electron chi connectivity index (χ0n) is 10.0. The van der Waals surface area contributed by atoms with Gasteiger partial charge in [0.1, 0.15) is 5.60 Å². The summed E-state index contributed by atoms with van der Waals surface area (Å²) < 4.78 is 9.86. The maximum atomic E-state index is 10.3. The second kappa shape index (κ2) is 5.07. The molecule has 0 aliphatic heterocycles. The molecular weight excluding hydrogens is 210 g/mol. The summed E-state index contributed by atoms with van der Waals surface area (Å²) in [4.78, 5) is 12.0. The number of hydrogen-bond donors (Lipinski definition) is 1. The van der Waals surface area contributed by atoms with Gasteiger partial charge in [-0.15, -0.1) is 4.98 Å². The Morgan fingerprint density at radius 2 is 1.44 bits per heavy atom. The first-order valence-electron chi connectivity index (χ1n) is 5.16. The van der Waals surface area contributed by atoms with E-state index in [1.54, 1.807) is 0 Å². The summed E-state index contributed by atoms with van der Waals surface area (Å²) in [6.07, 6.45) is 1.03. The lowest BCUT2D eigenvalue weighted by Crippen LogP contribution is -2.27. The predicted octanol–water partition coefficient (Wildman–Crippen LogP) is 0.896. The number of aliphatic hydroxyl groups is 1. The van der Waals surface area contributed by atoms with Gasteiger partial charge in [-0.2, -0.15) is 9.97 Å². The molecule has 1 rings (SSSR count). The molecule has 0 unspecified atom stereocenters. The third-order valence-electron chi connectivity index (χ3n) is 2.55. The van der Waals surface area contributed by atoms with Crippen molar-refractivity contribution in [1.82, 2.24) is 15.0 Å². The monoisotopic (exact) mass is 227 g/mol. The quantitative estimate of drug-likeness (QED) is 0.805. The Morgan fingerprint density at radius 3 is 1.75 bits per heavy atom. The molecule has 0 atom stereocenters. The Kier molecular flexibility index (Phi) is 4.00. The van der Waals surface area contributed by atoms with Crippen LogP contribution in [0, 0.1) is 0 Å². The summed E-state index contributed by atoms with van der Waals surface area (Å²) in [6, 6.07) is 0.282. The fourth-order valence-electron chi connectivity index (χ4n) is 1.29. The minimum atomic E-state index is -1.07. The van der Waals surface area contributed by atoms with Crippen molar-refractivity contribution in [3.05, 3.63) is 5.82 Å². The molecule has 0 aliphatic carbocycles. The number of nitrogens with zero attached hydrogens (tertiary/aromatic N) is 3. The zero-order chi connectivity index (χ0) is 12.2. The normalized spacial score (nSPS) is 11.3. The SMILES string of the molecule is CCC(O)(CC)c1nc(OC)nc(OC)n1. The molecular formula is C10H17N3O3. The summed E-state index contributed by atoms with van der Waals surface area (Å²) >= 11 is 0. The molecule has 0 spiro atoms. The first kappa shape index (κ1) is 12.6. The highest BCUT2D eigenvalue weighted by Gasteiger charge is 2.30. The standard InChI is InChI=1S/C10H17N3O3/c1-5-10(14,6-2)7-11-8(15-3)13-9(12-7)16-4/h14H,5-6H2,1-4H3. The number of methoxy groups -OCH3 is 2. The smallest absolute Gasteiger partial charge is 0.322 e. The van der Waals surface area contributed by atoms with Gasteiger partial charge in [-0.25, -0.2) is 0 Å². The molecule has 0 bridgehead atoms. The molecule has 16 heavy (non-hydrogen) atoms. The van der Waals surface area contributed by atoms with Crippen molar-refractivity contribution < 1.29 is 14.6 Å². The van der Waals surface area contributed by atoms with E-state index in [1.165, 1.54) is 14.2 Å². The highest BCUT2D eigenvalue weighted by Crippen LogP contribution is 2.27. The molecule has 6 nitrogen and oxygen atoms in total. The largest absolute Gasteiger partial charge is 0.467 e. The summed E-state index contributed by atoms with van der Waals surface area (Å²) in [7, 11) is 2.91. The Morgan fingerprint density at radius 1 is 1.00 bits per heavy atom. The van der Waals surface area contributed by atoms with Crippen LogP contribution in [0.3, 0.4) is 0 Å². The van der Waals surface area contributed by atoms with E-state index >= 15 is 0 Å². The van der Waals surface area contributed by atoms with Crippen molar-refractivity contribution in [1.29, 1.82) is 0 Å². The van der Waals surface area contributed by atoms with Crippen LogP contribution in [0.1, 0.15) is 32.5 Å². The summed E-state index contributed by atoms with van der Waals surface area (Å²) in [6.45, 7) is 3.73. The van der Waals surface area contributed by atoms with Crippen molar-refractivity contribution in [2.75, 3.05) is 14.2 Å². The van der Waals surface area contributed by atoms with E-state index in [-0.39, 0.29) is 17.8 Å². The maximum absolute atomic E-state index is 10.3. The summed E-state index contributed by atoms with van der Waals surface area (Å²) in [5.74, 6) is 0.279. The van der Waals surface area contributed by atoms with Gasteiger partial charge in [-0.1, -0.05) is 13.8 Å². The highest BCUT2D eigenvalue weighted by molar-refractivity contribution is 5.10. The lowest BCUT2D eigenvalue weighted by atomic mass is 9.97. The van der Waals surface area contributed by atoms with E-state index in [4.69, 9.17) is 9.47 Å². The summed E-state index contributed by atoms with van der Waals surface area (Å²) in [5, 5.41) is 10.3. The van der Waals surface area contributed by atoms with Crippen molar-refractivity contribution in [2.24, 2.45) is 0 Å². The van der Waals surface area contributed by atoms with Gasteiger partial charge in [-0.05, 0) is 12.8 Å². The third-order valence-corrected chi connectivity index (χ3v) is 2.55. The van der Waals surface area contributed by atoms with E-state index in [2.05, 4.69) is 15.0 Å². The van der Waals surface area contributed by atoms with Gasteiger partial charge >= 0.3 is 12.0 Å². The van der Waals surface area contributed by atoms with Crippen LogP contribution in [0.2, 0.25) is 0 Å². The number of hydrogen-bond acceptors (Lipinski definition) is 6. The van der Waals surface area contributed by atoms with Gasteiger partial charge < -0.3 is 14.6 Å². The van der Waals surface area contributed by atoms with Gasteiger partial charge in [0.05, 0.1) is 14.2 Å². The van der Waals surface area contributed by atoms with E-state index in [9.17, 15) is 5.11 Å². The van der Waals surface area contributed by atoms with Gasteiger partial charge in [0.25, 0.3) is 0 Å². The fraction of sp³-hybridized carbons (Fsp3) is 0.700. The Balaban J connectivity index is 3.21. The molecule has 0 radical (unpaired) electrons. The molecule has 1 N–H and O–H groups in total. The van der Waals surface area contributed by atoms with Crippen LogP contribution < -0.4 is 9.47 Å². The zero-order valence-corrected chi connectivity index (χ0v) is 10.0. The molecule has 0 aliphatic rings. The Hall–Kier alpha value is -1.43. The molecule has 0 aromatic carbocycles. The molecule has 1 heterocycles. The molecule has 90 valence electrons. The van der Waals surface area contributed by atoms with Gasteiger partial charge in [0.15, 0.2) is 5.82 Å². The number of rotatable bonds is 5. The molecule has 0 amide bonds. The first-order chi connectivity index (χ1) is 7.59. The van der Waals surface area contributed by atoms with E-state index < -0.39 is 5.60 Å². The topological polar surface area (TPSA) is 77.4 Å². The molecule has 0 saturated carbocycles. The third kappa shape index (κ3) is 2.38. The van der Waals surface area contributed by atoms with Gasteiger partial charge in [0.2, 0.25) is 0 Å². The molecule has 6 heteroatoms. The van der Waals surface area contributed by atoms with Crippen molar-refractivity contribution in [2.45, 2.75) is 32.3 Å². The first-order valence-corrected chi connectivity index (χ1v) is 5.16. The second-order valence-electron chi connectivity index (χ2n) is 3.37. The maximum Gasteiger partial charge on any atom is 0.322 e. The van der Waals surface area contributed by atoms with Crippen LogP contribution >= 0.6 is 0 Å². The summed E-state index contributed by atoms with van der Waals surface area (Å²) in [5.41, 5.74) is -1.07. The Bertz CT molecular complexity index is 331. The molecule has 1 aromatic heterocycles. The molecule has 0 saturated heterocycles. The van der Waals surface area contributed by atoms with Crippen molar-refractivity contribution in [3.63, 3.8) is 0 Å². The van der Waals surface area contributed by atoms with Crippen LogP contribution in [0.25, 0.3) is 0 Å². The van der Waals surface area contributed by atoms with Crippen LogP contribution in [-0.4, -0.2) is 34.3 Å². The predicted molar refractivity (Wildman–Crippen MR) is 57.4 cm³/mol. The van der Waals surface area contributed by atoms with Crippen LogP contribution in [0.15, 0.2) is 0 Å². The van der Waals surface area contributed by atoms with Crippen molar-refractivity contribution in [3.8, 4) is 12.0 Å². The minimum absolute atomic E-state index is 0.141. The number of ether oxygens (including phenoxy) is 2. The van der Waals surface area contributed by atoms with E-state index in [1.807, 2.05) is 13.8 Å². The van der Waals surface area contributed by atoms with E-state index in [0.29, 0.717) is 12.8 Å². The fourth-order valence-corrected chi connectivity index (χ4v) is 1.29. The average Bonchev–Trinajstić information content (AvgIpc) is 2.36. The van der Waals surface area contributed by atoms with Crippen molar-refractivity contribution >= 4 is 0 Å². The highest BCUT2D eigenvalue weighted by atomic mass is 16.5. The lowest BCUT2D eigenvalue weighted by molar-refractivity contribution is 0.0176. The van der Waals surface area contributed by atoms with E-state index in [0.717, 1.165) is 0 Å². The van der Waals surface area contributed by atoms with Crippen LogP contribution in [0.5, 0.6) is 12.0 Å². The van der Waals surface area contributed by atoms with Crippen LogP contribution in [0.4, 0.5) is 0 Å².